The van der Waals surface area contributed by atoms with Crippen LogP contribution in [0.25, 0.3) is 6.08 Å². The normalized spacial score (nSPS) is 5.23. The molecule has 0 spiro atoms. The number of halogens is 4. The fraction of sp³-hybridized carbons (Fsp3) is 0. The molecule has 5 heteroatoms. The first-order valence-electron chi connectivity index (χ1n) is 2.61. The van der Waals surface area contributed by atoms with E-state index in [9.17, 15) is 0 Å². The van der Waals surface area contributed by atoms with Crippen LogP contribution >= 0.6 is 0 Å². The molecule has 0 atom stereocenters. The molecule has 0 nitrogen and oxygen atoms in total. The van der Waals surface area contributed by atoms with E-state index < -0.39 is 0 Å². The standard InChI is InChI=1S/C8H8.4ClH.Ti/c1-2-8-6-4-3-5-7-8;;;;;/h2-7H,1H2;4*1H;/q;;;;;+4/p-4. The summed E-state index contributed by atoms with van der Waals surface area (Å²) in [6.45, 7) is 3.63. The van der Waals surface area contributed by atoms with Gasteiger partial charge in [0.25, 0.3) is 0 Å². The van der Waals surface area contributed by atoms with E-state index in [4.69, 9.17) is 0 Å². The van der Waals surface area contributed by atoms with Gasteiger partial charge in [0.15, 0.2) is 0 Å². The summed E-state index contributed by atoms with van der Waals surface area (Å²) in [5, 5.41) is 0. The first-order chi connectivity index (χ1) is 3.93. The van der Waals surface area contributed by atoms with Crippen LogP contribution in [0.3, 0.4) is 0 Å². The fourth-order valence-electron chi connectivity index (χ4n) is 0.589. The van der Waals surface area contributed by atoms with Crippen LogP contribution in [0.15, 0.2) is 36.9 Å². The molecule has 13 heavy (non-hydrogen) atoms. The summed E-state index contributed by atoms with van der Waals surface area (Å²) in [4.78, 5) is 0. The monoisotopic (exact) mass is 292 g/mol. The van der Waals surface area contributed by atoms with Gasteiger partial charge in [-0.25, -0.2) is 0 Å². The zero-order chi connectivity index (χ0) is 5.82. The Bertz CT molecular complexity index is 179. The van der Waals surface area contributed by atoms with Crippen molar-refractivity contribution in [3.63, 3.8) is 0 Å². The Morgan fingerprint density at radius 3 is 1.46 bits per heavy atom. The van der Waals surface area contributed by atoms with Crippen molar-refractivity contribution in [2.24, 2.45) is 0 Å². The summed E-state index contributed by atoms with van der Waals surface area (Å²) < 4.78 is 0. The van der Waals surface area contributed by atoms with Crippen molar-refractivity contribution in [3.05, 3.63) is 42.5 Å². The maximum atomic E-state index is 3.63. The largest absolute Gasteiger partial charge is 4.00 e. The van der Waals surface area contributed by atoms with Crippen molar-refractivity contribution in [3.8, 4) is 0 Å². The number of benzene rings is 1. The molecule has 0 unspecified atom stereocenters. The van der Waals surface area contributed by atoms with E-state index in [0.717, 1.165) is 0 Å². The molecule has 0 aliphatic rings. The molecule has 0 saturated carbocycles. The molecule has 0 amide bonds. The van der Waals surface area contributed by atoms with Gasteiger partial charge in [0.05, 0.1) is 0 Å². The third-order valence-corrected chi connectivity index (χ3v) is 1.04. The molecule has 0 aliphatic heterocycles. The fourth-order valence-corrected chi connectivity index (χ4v) is 0.589. The molecule has 0 N–H and O–H groups in total. The second kappa shape index (κ2) is 18.6. The summed E-state index contributed by atoms with van der Waals surface area (Å²) in [7, 11) is 0. The summed E-state index contributed by atoms with van der Waals surface area (Å²) >= 11 is 0. The number of hydrogen-bond acceptors (Lipinski definition) is 0. The summed E-state index contributed by atoms with van der Waals surface area (Å²) in [6, 6.07) is 10.0. The maximum absolute atomic E-state index is 3.63. The van der Waals surface area contributed by atoms with Gasteiger partial charge >= 0.3 is 21.7 Å². The van der Waals surface area contributed by atoms with Crippen molar-refractivity contribution >= 4 is 6.08 Å². The Balaban J connectivity index is -0.0000000427. The van der Waals surface area contributed by atoms with E-state index in [1.54, 1.807) is 0 Å². The van der Waals surface area contributed by atoms with E-state index >= 15 is 0 Å². The second-order valence-electron chi connectivity index (χ2n) is 1.61. The molecule has 0 saturated heterocycles. The van der Waals surface area contributed by atoms with Gasteiger partial charge in [-0.3, -0.25) is 0 Å². The summed E-state index contributed by atoms with van der Waals surface area (Å²) in [5.41, 5.74) is 1.17. The predicted molar refractivity (Wildman–Crippen MR) is 36.5 cm³/mol. The smallest absolute Gasteiger partial charge is 1.00 e. The van der Waals surface area contributed by atoms with Gasteiger partial charge in [0.2, 0.25) is 0 Å². The molecular weight excluding hydrogens is 286 g/mol. The number of hydrogen-bond donors (Lipinski definition) is 0. The first kappa shape index (κ1) is 29.2. The van der Waals surface area contributed by atoms with Gasteiger partial charge in [0.1, 0.15) is 0 Å². The van der Waals surface area contributed by atoms with Gasteiger partial charge in [-0.2, -0.15) is 0 Å². The Hall–Kier alpha value is 0.834. The van der Waals surface area contributed by atoms with E-state index in [1.165, 1.54) is 5.56 Å². The molecule has 0 bridgehead atoms. The van der Waals surface area contributed by atoms with E-state index in [-0.39, 0.29) is 71.3 Å². The first-order valence-corrected chi connectivity index (χ1v) is 2.61. The topological polar surface area (TPSA) is 0 Å². The third kappa shape index (κ3) is 12.8. The van der Waals surface area contributed by atoms with Gasteiger partial charge in [-0.1, -0.05) is 43.0 Å². The van der Waals surface area contributed by atoms with Gasteiger partial charge in [-0.05, 0) is 5.56 Å². The SMILES string of the molecule is C=Cc1ccccc1.[Cl-].[Cl-].[Cl-].[Cl-].[Ti+4]. The third-order valence-electron chi connectivity index (χ3n) is 1.04. The molecule has 72 valence electrons. The average molecular weight is 294 g/mol. The minimum atomic E-state index is 0. The molecular formula is C8H8Cl4Ti. The molecule has 0 fully saturated rings. The van der Waals surface area contributed by atoms with Crippen LogP contribution in [0, 0.1) is 0 Å². The molecule has 0 aliphatic carbocycles. The Labute approximate surface area is 119 Å². The van der Waals surface area contributed by atoms with E-state index in [0.29, 0.717) is 0 Å². The summed E-state index contributed by atoms with van der Waals surface area (Å²) in [6.07, 6.45) is 1.83. The van der Waals surface area contributed by atoms with Crippen molar-refractivity contribution in [1.82, 2.24) is 0 Å². The number of rotatable bonds is 1. The Morgan fingerprint density at radius 2 is 1.23 bits per heavy atom. The van der Waals surface area contributed by atoms with Crippen LogP contribution in [-0.2, 0) is 21.7 Å². The second-order valence-corrected chi connectivity index (χ2v) is 1.61. The van der Waals surface area contributed by atoms with Crippen molar-refractivity contribution in [1.29, 1.82) is 0 Å². The average Bonchev–Trinajstić information content (AvgIpc) is 1.90. The van der Waals surface area contributed by atoms with Gasteiger partial charge < -0.3 is 49.6 Å². The molecule has 1 rings (SSSR count). The van der Waals surface area contributed by atoms with E-state index in [1.807, 2.05) is 36.4 Å². The molecule has 0 radical (unpaired) electrons. The van der Waals surface area contributed by atoms with Gasteiger partial charge in [0, 0.05) is 0 Å². The zero-order valence-corrected chi connectivity index (χ0v) is 11.3. The van der Waals surface area contributed by atoms with Crippen molar-refractivity contribution in [2.75, 3.05) is 0 Å². The maximum Gasteiger partial charge on any atom is 4.00 e. The predicted octanol–water partition coefficient (Wildman–Crippen LogP) is -9.66. The van der Waals surface area contributed by atoms with Crippen molar-refractivity contribution in [2.45, 2.75) is 0 Å². The van der Waals surface area contributed by atoms with E-state index in [2.05, 4.69) is 6.58 Å². The quantitative estimate of drug-likeness (QED) is 0.451. The minimum absolute atomic E-state index is 0. The van der Waals surface area contributed by atoms with Crippen LogP contribution in [0.1, 0.15) is 5.56 Å². The Morgan fingerprint density at radius 1 is 0.846 bits per heavy atom. The molecule has 0 aromatic heterocycles. The van der Waals surface area contributed by atoms with Crippen molar-refractivity contribution < 1.29 is 71.3 Å². The minimum Gasteiger partial charge on any atom is -1.00 e. The van der Waals surface area contributed by atoms with Crippen LogP contribution in [0.2, 0.25) is 0 Å². The van der Waals surface area contributed by atoms with Gasteiger partial charge in [-0.15, -0.1) is 0 Å². The van der Waals surface area contributed by atoms with Crippen LogP contribution in [-0.4, -0.2) is 0 Å². The van der Waals surface area contributed by atoms with Crippen LogP contribution in [0.5, 0.6) is 0 Å². The molecule has 1 aromatic carbocycles. The molecule has 1 aromatic rings. The zero-order valence-electron chi connectivity index (χ0n) is 6.68. The van der Waals surface area contributed by atoms with Crippen LogP contribution < -0.4 is 49.6 Å². The Kier molecular flexibility index (Phi) is 41.7. The summed E-state index contributed by atoms with van der Waals surface area (Å²) in [5.74, 6) is 0. The molecule has 0 heterocycles. The van der Waals surface area contributed by atoms with Crippen LogP contribution in [0.4, 0.5) is 0 Å².